The molecule has 3 aromatic carbocycles. The number of nitrogens with zero attached hydrogens (tertiary/aromatic N) is 4. The van der Waals surface area contributed by atoms with Crippen LogP contribution in [0.4, 0.5) is 0 Å². The van der Waals surface area contributed by atoms with Gasteiger partial charge in [0.05, 0.1) is 17.7 Å². The second-order valence-corrected chi connectivity index (χ2v) is 9.12. The number of benzene rings is 3. The number of piperazine rings is 1. The number of H-pyrrole nitrogens is 1. The van der Waals surface area contributed by atoms with Gasteiger partial charge in [0.1, 0.15) is 5.82 Å². The molecule has 0 unspecified atom stereocenters. The highest BCUT2D eigenvalue weighted by Crippen LogP contribution is 2.25. The standard InChI is InChI=1S/C27H24N6O2S/c34-24(18-4-2-1-3-5-18)21-10-11-22-23(16-21)30-25(29-22)19-6-8-20(9-7-19)26-31-33(27(36)35-26)17-32-14-12-28-13-15-32/h1-11,16,28H,12-15,17H2,(H,29,30). The third-order valence-electron chi connectivity index (χ3n) is 6.34. The van der Waals surface area contributed by atoms with Gasteiger partial charge in [-0.1, -0.05) is 42.5 Å². The molecule has 1 aliphatic rings. The zero-order valence-corrected chi connectivity index (χ0v) is 20.3. The Balaban J connectivity index is 1.22. The summed E-state index contributed by atoms with van der Waals surface area (Å²) in [6.45, 7) is 4.46. The van der Waals surface area contributed by atoms with Crippen LogP contribution in [0.1, 0.15) is 15.9 Å². The van der Waals surface area contributed by atoms with Crippen LogP contribution < -0.4 is 5.32 Å². The summed E-state index contributed by atoms with van der Waals surface area (Å²) in [5, 5.41) is 7.94. The summed E-state index contributed by atoms with van der Waals surface area (Å²) in [5.41, 5.74) is 4.66. The molecule has 36 heavy (non-hydrogen) atoms. The van der Waals surface area contributed by atoms with Crippen molar-refractivity contribution in [3.63, 3.8) is 0 Å². The predicted molar refractivity (Wildman–Crippen MR) is 140 cm³/mol. The van der Waals surface area contributed by atoms with Crippen LogP contribution in [0.15, 0.2) is 77.2 Å². The van der Waals surface area contributed by atoms with E-state index in [1.165, 1.54) is 0 Å². The number of fused-ring (bicyclic) bond motifs is 1. The van der Waals surface area contributed by atoms with E-state index in [-0.39, 0.29) is 5.78 Å². The molecule has 0 saturated carbocycles. The van der Waals surface area contributed by atoms with Gasteiger partial charge in [-0.3, -0.25) is 9.69 Å². The molecule has 2 aromatic heterocycles. The van der Waals surface area contributed by atoms with Crippen molar-refractivity contribution >= 4 is 29.0 Å². The quantitative estimate of drug-likeness (QED) is 0.264. The summed E-state index contributed by atoms with van der Waals surface area (Å²) in [4.78, 5) is 23.5. The van der Waals surface area contributed by atoms with Crippen LogP contribution in [0, 0.1) is 4.84 Å². The maximum atomic E-state index is 12.8. The van der Waals surface area contributed by atoms with Crippen molar-refractivity contribution in [2.75, 3.05) is 26.2 Å². The lowest BCUT2D eigenvalue weighted by Crippen LogP contribution is -2.44. The minimum absolute atomic E-state index is 0.0146. The van der Waals surface area contributed by atoms with E-state index in [0.29, 0.717) is 28.5 Å². The van der Waals surface area contributed by atoms with Crippen LogP contribution in [0.25, 0.3) is 33.9 Å². The van der Waals surface area contributed by atoms with Crippen LogP contribution in [-0.2, 0) is 6.67 Å². The average molecular weight is 497 g/mol. The van der Waals surface area contributed by atoms with E-state index in [0.717, 1.165) is 54.2 Å². The first-order valence-electron chi connectivity index (χ1n) is 11.9. The Hall–Kier alpha value is -3.92. The van der Waals surface area contributed by atoms with Crippen molar-refractivity contribution in [1.82, 2.24) is 30.0 Å². The fourth-order valence-corrected chi connectivity index (χ4v) is 4.55. The largest absolute Gasteiger partial charge is 0.409 e. The van der Waals surface area contributed by atoms with Gasteiger partial charge in [0.15, 0.2) is 5.78 Å². The first kappa shape index (κ1) is 22.5. The molecule has 0 aliphatic carbocycles. The zero-order valence-electron chi connectivity index (χ0n) is 19.5. The lowest BCUT2D eigenvalue weighted by atomic mass is 10.0. The van der Waals surface area contributed by atoms with Crippen LogP contribution >= 0.6 is 12.2 Å². The molecule has 5 aromatic rings. The average Bonchev–Trinajstić information content (AvgIpc) is 3.52. The van der Waals surface area contributed by atoms with Crippen LogP contribution in [0.5, 0.6) is 0 Å². The molecule has 0 amide bonds. The molecular formula is C27H24N6O2S. The van der Waals surface area contributed by atoms with E-state index in [9.17, 15) is 4.79 Å². The minimum atomic E-state index is -0.0146. The van der Waals surface area contributed by atoms with E-state index in [1.54, 1.807) is 4.68 Å². The summed E-state index contributed by atoms with van der Waals surface area (Å²) >= 11 is 5.39. The highest BCUT2D eigenvalue weighted by Gasteiger charge is 2.15. The molecule has 0 radical (unpaired) electrons. The summed E-state index contributed by atoms with van der Waals surface area (Å²) in [6, 6.07) is 22.6. The number of aromatic amines is 1. The molecule has 1 fully saturated rings. The molecule has 2 N–H and O–H groups in total. The number of rotatable bonds is 6. The first-order valence-corrected chi connectivity index (χ1v) is 12.3. The van der Waals surface area contributed by atoms with Crippen molar-refractivity contribution in [1.29, 1.82) is 0 Å². The normalized spacial score (nSPS) is 14.3. The van der Waals surface area contributed by atoms with Gasteiger partial charge >= 0.3 is 0 Å². The highest BCUT2D eigenvalue weighted by atomic mass is 32.1. The first-order chi connectivity index (χ1) is 17.6. The van der Waals surface area contributed by atoms with Crippen molar-refractivity contribution in [3.8, 4) is 22.8 Å². The fourth-order valence-electron chi connectivity index (χ4n) is 4.37. The van der Waals surface area contributed by atoms with Gasteiger partial charge in [-0.2, -0.15) is 0 Å². The number of hydrogen-bond acceptors (Lipinski definition) is 7. The van der Waals surface area contributed by atoms with Gasteiger partial charge < -0.3 is 14.7 Å². The third kappa shape index (κ3) is 4.51. The molecule has 8 nitrogen and oxygen atoms in total. The number of hydrogen-bond donors (Lipinski definition) is 2. The summed E-state index contributed by atoms with van der Waals surface area (Å²) in [6.07, 6.45) is 0. The maximum absolute atomic E-state index is 12.8. The second kappa shape index (κ2) is 9.62. The Morgan fingerprint density at radius 3 is 2.47 bits per heavy atom. The topological polar surface area (TPSA) is 92.0 Å². The monoisotopic (exact) mass is 496 g/mol. The molecule has 0 atom stereocenters. The van der Waals surface area contributed by atoms with Gasteiger partial charge in [-0.05, 0) is 42.5 Å². The van der Waals surface area contributed by atoms with Crippen LogP contribution in [0.3, 0.4) is 0 Å². The van der Waals surface area contributed by atoms with E-state index in [2.05, 4.69) is 20.3 Å². The number of ketones is 1. The third-order valence-corrected chi connectivity index (χ3v) is 6.63. The summed E-state index contributed by atoms with van der Waals surface area (Å²) < 4.78 is 7.51. The Morgan fingerprint density at radius 1 is 0.944 bits per heavy atom. The molecule has 180 valence electrons. The van der Waals surface area contributed by atoms with Crippen molar-refractivity contribution < 1.29 is 9.21 Å². The zero-order chi connectivity index (χ0) is 24.5. The molecule has 0 bridgehead atoms. The number of nitrogens with one attached hydrogen (secondary N) is 2. The lowest BCUT2D eigenvalue weighted by Gasteiger charge is -2.26. The van der Waals surface area contributed by atoms with Crippen molar-refractivity contribution in [3.05, 3.63) is 88.8 Å². The second-order valence-electron chi connectivity index (χ2n) is 8.77. The van der Waals surface area contributed by atoms with E-state index < -0.39 is 0 Å². The van der Waals surface area contributed by atoms with E-state index in [1.807, 2.05) is 72.8 Å². The highest BCUT2D eigenvalue weighted by molar-refractivity contribution is 7.71. The number of aromatic nitrogens is 4. The number of carbonyl (C=O) groups is 1. The number of imidazole rings is 1. The van der Waals surface area contributed by atoms with Crippen molar-refractivity contribution in [2.45, 2.75) is 6.67 Å². The van der Waals surface area contributed by atoms with Gasteiger partial charge in [-0.15, -0.1) is 5.10 Å². The number of carbonyl (C=O) groups excluding carboxylic acids is 1. The minimum Gasteiger partial charge on any atom is -0.409 e. The van der Waals surface area contributed by atoms with Gasteiger partial charge in [0, 0.05) is 48.4 Å². The lowest BCUT2D eigenvalue weighted by molar-refractivity contribution is 0.103. The van der Waals surface area contributed by atoms with E-state index >= 15 is 0 Å². The fraction of sp³-hybridized carbons (Fsp3) is 0.185. The Labute approximate surface area is 212 Å². The molecule has 0 spiro atoms. The molecule has 6 rings (SSSR count). The Bertz CT molecular complexity index is 1580. The SMILES string of the molecule is O=C(c1ccccc1)c1ccc2nc(-c3ccc(-c4nn(CN5CCNCC5)c(=S)o4)cc3)[nH]c2c1. The molecular weight excluding hydrogens is 472 g/mol. The van der Waals surface area contributed by atoms with Gasteiger partial charge in [0.2, 0.25) is 5.89 Å². The molecule has 1 aliphatic heterocycles. The van der Waals surface area contributed by atoms with Crippen molar-refractivity contribution in [2.24, 2.45) is 0 Å². The molecule has 9 heteroatoms. The maximum Gasteiger partial charge on any atom is 0.288 e. The smallest absolute Gasteiger partial charge is 0.288 e. The van der Waals surface area contributed by atoms with Gasteiger partial charge in [0.25, 0.3) is 4.84 Å². The Morgan fingerprint density at radius 2 is 1.69 bits per heavy atom. The molecule has 1 saturated heterocycles. The molecule has 3 heterocycles. The van der Waals surface area contributed by atoms with Crippen LogP contribution in [0.2, 0.25) is 0 Å². The van der Waals surface area contributed by atoms with Crippen LogP contribution in [-0.4, -0.2) is 56.6 Å². The predicted octanol–water partition coefficient (Wildman–Crippen LogP) is 4.51. The van der Waals surface area contributed by atoms with Gasteiger partial charge in [-0.25, -0.2) is 9.67 Å². The van der Waals surface area contributed by atoms with E-state index in [4.69, 9.17) is 21.6 Å². The Kier molecular flexibility index (Phi) is 6.02. The summed E-state index contributed by atoms with van der Waals surface area (Å²) in [5.74, 6) is 1.21. The summed E-state index contributed by atoms with van der Waals surface area (Å²) in [7, 11) is 0.